The molecule has 92 valence electrons. The standard InChI is InChI=1S/C15H11N3O/c16-15(19)14-13(10-6-2-1-3-7-10)11-8-4-5-9-12(11)17-18-14/h1-9H,(H2,16,19). The van der Waals surface area contributed by atoms with E-state index in [1.165, 1.54) is 0 Å². The molecule has 0 aliphatic carbocycles. The molecule has 2 aromatic carbocycles. The van der Waals surface area contributed by atoms with E-state index < -0.39 is 5.91 Å². The summed E-state index contributed by atoms with van der Waals surface area (Å²) >= 11 is 0. The van der Waals surface area contributed by atoms with Crippen LogP contribution in [0, 0.1) is 0 Å². The number of rotatable bonds is 2. The summed E-state index contributed by atoms with van der Waals surface area (Å²) < 4.78 is 0. The highest BCUT2D eigenvalue weighted by molar-refractivity contribution is 6.06. The summed E-state index contributed by atoms with van der Waals surface area (Å²) in [5.74, 6) is -0.572. The number of carbonyl (C=O) groups is 1. The van der Waals surface area contributed by atoms with Crippen molar-refractivity contribution in [1.82, 2.24) is 10.2 Å². The monoisotopic (exact) mass is 249 g/mol. The van der Waals surface area contributed by atoms with Gasteiger partial charge in [-0.1, -0.05) is 48.5 Å². The van der Waals surface area contributed by atoms with Gasteiger partial charge in [0.15, 0.2) is 5.69 Å². The Hall–Kier alpha value is -2.75. The normalized spacial score (nSPS) is 10.5. The van der Waals surface area contributed by atoms with Crippen LogP contribution in [0.25, 0.3) is 22.0 Å². The summed E-state index contributed by atoms with van der Waals surface area (Å²) in [6.45, 7) is 0. The van der Waals surface area contributed by atoms with Gasteiger partial charge in [-0.3, -0.25) is 4.79 Å². The number of hydrogen-bond donors (Lipinski definition) is 1. The van der Waals surface area contributed by atoms with Gasteiger partial charge in [-0.05, 0) is 11.6 Å². The third kappa shape index (κ3) is 1.93. The lowest BCUT2D eigenvalue weighted by Gasteiger charge is -2.09. The third-order valence-electron chi connectivity index (χ3n) is 2.96. The highest BCUT2D eigenvalue weighted by atomic mass is 16.1. The molecule has 0 bridgehead atoms. The maximum atomic E-state index is 11.6. The van der Waals surface area contributed by atoms with Crippen molar-refractivity contribution in [2.24, 2.45) is 5.73 Å². The first-order valence-corrected chi connectivity index (χ1v) is 5.88. The summed E-state index contributed by atoms with van der Waals surface area (Å²) in [6, 6.07) is 17.2. The average molecular weight is 249 g/mol. The maximum Gasteiger partial charge on any atom is 0.269 e. The smallest absolute Gasteiger partial charge is 0.269 e. The molecule has 0 unspecified atom stereocenters. The van der Waals surface area contributed by atoms with Crippen molar-refractivity contribution in [3.63, 3.8) is 0 Å². The lowest BCUT2D eigenvalue weighted by Crippen LogP contribution is -2.15. The fraction of sp³-hybridized carbons (Fsp3) is 0. The second-order valence-electron chi connectivity index (χ2n) is 4.17. The van der Waals surface area contributed by atoms with Gasteiger partial charge in [0.2, 0.25) is 0 Å². The molecule has 0 fully saturated rings. The van der Waals surface area contributed by atoms with Crippen LogP contribution in [0.3, 0.4) is 0 Å². The molecule has 1 aromatic heterocycles. The topological polar surface area (TPSA) is 68.9 Å². The van der Waals surface area contributed by atoms with E-state index >= 15 is 0 Å². The summed E-state index contributed by atoms with van der Waals surface area (Å²) in [5.41, 5.74) is 7.98. The molecule has 0 spiro atoms. The van der Waals surface area contributed by atoms with E-state index in [0.717, 1.165) is 22.0 Å². The Morgan fingerprint density at radius 2 is 1.58 bits per heavy atom. The van der Waals surface area contributed by atoms with Crippen molar-refractivity contribution in [1.29, 1.82) is 0 Å². The van der Waals surface area contributed by atoms with Crippen LogP contribution in [0.4, 0.5) is 0 Å². The van der Waals surface area contributed by atoms with Gasteiger partial charge in [0, 0.05) is 10.9 Å². The molecule has 0 aliphatic heterocycles. The largest absolute Gasteiger partial charge is 0.364 e. The Balaban J connectivity index is 2.42. The first-order chi connectivity index (χ1) is 9.27. The van der Waals surface area contributed by atoms with Crippen LogP contribution in [-0.2, 0) is 0 Å². The van der Waals surface area contributed by atoms with Crippen molar-refractivity contribution in [2.45, 2.75) is 0 Å². The van der Waals surface area contributed by atoms with Gasteiger partial charge in [0.1, 0.15) is 0 Å². The first kappa shape index (κ1) is 11.3. The van der Waals surface area contributed by atoms with Crippen LogP contribution < -0.4 is 5.73 Å². The SMILES string of the molecule is NC(=O)c1nnc2ccccc2c1-c1ccccc1. The number of aromatic nitrogens is 2. The number of nitrogens with zero attached hydrogens (tertiary/aromatic N) is 2. The Labute approximate surface area is 109 Å². The Kier molecular flexibility index (Phi) is 2.68. The Morgan fingerprint density at radius 1 is 0.895 bits per heavy atom. The zero-order chi connectivity index (χ0) is 13.2. The lowest BCUT2D eigenvalue weighted by molar-refractivity contribution is 0.0995. The van der Waals surface area contributed by atoms with E-state index in [2.05, 4.69) is 10.2 Å². The van der Waals surface area contributed by atoms with E-state index in [1.54, 1.807) is 0 Å². The molecule has 1 amide bonds. The zero-order valence-corrected chi connectivity index (χ0v) is 10.1. The number of fused-ring (bicyclic) bond motifs is 1. The van der Waals surface area contributed by atoms with Gasteiger partial charge < -0.3 is 5.73 Å². The summed E-state index contributed by atoms with van der Waals surface area (Å²) in [6.07, 6.45) is 0. The van der Waals surface area contributed by atoms with Crippen LogP contribution in [0.5, 0.6) is 0 Å². The fourth-order valence-electron chi connectivity index (χ4n) is 2.12. The summed E-state index contributed by atoms with van der Waals surface area (Å²) in [4.78, 5) is 11.6. The molecule has 0 atom stereocenters. The van der Waals surface area contributed by atoms with Gasteiger partial charge in [-0.2, -0.15) is 0 Å². The number of amides is 1. The molecule has 0 aliphatic rings. The number of hydrogen-bond acceptors (Lipinski definition) is 3. The molecule has 1 heterocycles. The maximum absolute atomic E-state index is 11.6. The van der Waals surface area contributed by atoms with Crippen molar-refractivity contribution < 1.29 is 4.79 Å². The van der Waals surface area contributed by atoms with Crippen LogP contribution in [0.1, 0.15) is 10.5 Å². The minimum Gasteiger partial charge on any atom is -0.364 e. The van der Waals surface area contributed by atoms with Crippen LogP contribution in [-0.4, -0.2) is 16.1 Å². The fourth-order valence-corrected chi connectivity index (χ4v) is 2.12. The van der Waals surface area contributed by atoms with Gasteiger partial charge in [0.05, 0.1) is 5.52 Å². The third-order valence-corrected chi connectivity index (χ3v) is 2.96. The molecule has 3 rings (SSSR count). The van der Waals surface area contributed by atoms with Crippen molar-refractivity contribution >= 4 is 16.8 Å². The molecular weight excluding hydrogens is 238 g/mol. The van der Waals surface area contributed by atoms with Crippen LogP contribution in [0.2, 0.25) is 0 Å². The van der Waals surface area contributed by atoms with Gasteiger partial charge in [0.25, 0.3) is 5.91 Å². The van der Waals surface area contributed by atoms with Crippen molar-refractivity contribution in [3.05, 3.63) is 60.3 Å². The Bertz CT molecular complexity index is 754. The van der Waals surface area contributed by atoms with Crippen LogP contribution >= 0.6 is 0 Å². The molecule has 19 heavy (non-hydrogen) atoms. The Morgan fingerprint density at radius 3 is 2.32 bits per heavy atom. The summed E-state index contributed by atoms with van der Waals surface area (Å²) in [5, 5.41) is 8.87. The van der Waals surface area contributed by atoms with Crippen molar-refractivity contribution in [2.75, 3.05) is 0 Å². The molecule has 0 radical (unpaired) electrons. The molecule has 3 aromatic rings. The number of primary amides is 1. The van der Waals surface area contributed by atoms with E-state index in [1.807, 2.05) is 54.6 Å². The van der Waals surface area contributed by atoms with E-state index in [9.17, 15) is 4.79 Å². The summed E-state index contributed by atoms with van der Waals surface area (Å²) in [7, 11) is 0. The molecule has 4 nitrogen and oxygen atoms in total. The average Bonchev–Trinajstić information content (AvgIpc) is 2.46. The number of nitrogens with two attached hydrogens (primary N) is 1. The molecular formula is C15H11N3O. The highest BCUT2D eigenvalue weighted by Gasteiger charge is 2.16. The number of carbonyl (C=O) groups excluding carboxylic acids is 1. The van der Waals surface area contributed by atoms with Crippen LogP contribution in [0.15, 0.2) is 54.6 Å². The molecule has 0 saturated heterocycles. The minimum atomic E-state index is -0.572. The van der Waals surface area contributed by atoms with Gasteiger partial charge in [-0.25, -0.2) is 0 Å². The second-order valence-corrected chi connectivity index (χ2v) is 4.17. The van der Waals surface area contributed by atoms with Crippen molar-refractivity contribution in [3.8, 4) is 11.1 Å². The molecule has 0 saturated carbocycles. The van der Waals surface area contributed by atoms with E-state index in [0.29, 0.717) is 0 Å². The number of benzene rings is 2. The second kappa shape index (κ2) is 4.49. The quantitative estimate of drug-likeness (QED) is 0.758. The lowest BCUT2D eigenvalue weighted by atomic mass is 9.99. The molecule has 4 heteroatoms. The van der Waals surface area contributed by atoms with E-state index in [4.69, 9.17) is 5.73 Å². The van der Waals surface area contributed by atoms with Gasteiger partial charge in [-0.15, -0.1) is 10.2 Å². The highest BCUT2D eigenvalue weighted by Crippen LogP contribution is 2.29. The van der Waals surface area contributed by atoms with E-state index in [-0.39, 0.29) is 5.69 Å². The van der Waals surface area contributed by atoms with Gasteiger partial charge >= 0.3 is 0 Å². The first-order valence-electron chi connectivity index (χ1n) is 5.88. The minimum absolute atomic E-state index is 0.199. The predicted octanol–water partition coefficient (Wildman–Crippen LogP) is 2.40. The molecule has 2 N–H and O–H groups in total. The zero-order valence-electron chi connectivity index (χ0n) is 10.1. The predicted molar refractivity (Wildman–Crippen MR) is 73.5 cm³/mol.